The molecule has 0 aromatic heterocycles. The summed E-state index contributed by atoms with van der Waals surface area (Å²) in [5.74, 6) is -1.44. The predicted molar refractivity (Wildman–Crippen MR) is 63.6 cm³/mol. The number of nitrogens with one attached hydrogen (secondary N) is 1. The number of benzene rings is 1. The first-order valence-electron chi connectivity index (χ1n) is 5.94. The van der Waals surface area contributed by atoms with Gasteiger partial charge in [-0.15, -0.1) is 0 Å². The molecular formula is C13H16F2N2O. The van der Waals surface area contributed by atoms with Crippen molar-refractivity contribution in [3.8, 4) is 0 Å². The predicted octanol–water partition coefficient (Wildman–Crippen LogP) is 1.66. The van der Waals surface area contributed by atoms with Gasteiger partial charge in [-0.05, 0) is 50.4 Å². The van der Waals surface area contributed by atoms with Crippen molar-refractivity contribution >= 4 is 5.91 Å². The van der Waals surface area contributed by atoms with Gasteiger partial charge < -0.3 is 5.73 Å². The topological polar surface area (TPSA) is 55.1 Å². The van der Waals surface area contributed by atoms with Crippen LogP contribution in [0.2, 0.25) is 0 Å². The van der Waals surface area contributed by atoms with Crippen LogP contribution in [-0.2, 0) is 10.3 Å². The molecule has 0 bridgehead atoms. The van der Waals surface area contributed by atoms with Gasteiger partial charge in [0.05, 0.1) is 0 Å². The van der Waals surface area contributed by atoms with Gasteiger partial charge >= 0.3 is 0 Å². The van der Waals surface area contributed by atoms with E-state index in [1.807, 2.05) is 0 Å². The zero-order valence-electron chi connectivity index (χ0n) is 10.2. The zero-order valence-corrected chi connectivity index (χ0v) is 10.2. The highest BCUT2D eigenvalue weighted by Crippen LogP contribution is 2.30. The lowest BCUT2D eigenvalue weighted by Gasteiger charge is -2.28. The third-order valence-corrected chi connectivity index (χ3v) is 3.40. The van der Waals surface area contributed by atoms with Crippen molar-refractivity contribution in [1.82, 2.24) is 5.32 Å². The second kappa shape index (κ2) is 4.65. The molecule has 1 aliphatic rings. The normalized spacial score (nSPS) is 18.4. The monoisotopic (exact) mass is 254 g/mol. The molecule has 0 saturated heterocycles. The van der Waals surface area contributed by atoms with Crippen LogP contribution < -0.4 is 11.1 Å². The summed E-state index contributed by atoms with van der Waals surface area (Å²) in [5, 5.41) is 2.96. The van der Waals surface area contributed by atoms with Crippen molar-refractivity contribution in [3.63, 3.8) is 0 Å². The van der Waals surface area contributed by atoms with Crippen molar-refractivity contribution in [2.45, 2.75) is 25.3 Å². The number of carbonyl (C=O) groups is 1. The summed E-state index contributed by atoms with van der Waals surface area (Å²) in [6, 6.07) is 3.03. The minimum atomic E-state index is -1.38. The zero-order chi connectivity index (χ0) is 13.3. The van der Waals surface area contributed by atoms with Crippen molar-refractivity contribution in [1.29, 1.82) is 0 Å². The number of hydrogen-bond acceptors (Lipinski definition) is 2. The van der Waals surface area contributed by atoms with Gasteiger partial charge in [0.15, 0.2) is 0 Å². The third kappa shape index (κ3) is 2.51. The highest BCUT2D eigenvalue weighted by Gasteiger charge is 2.37. The van der Waals surface area contributed by atoms with Crippen molar-refractivity contribution in [2.24, 2.45) is 11.7 Å². The Bertz CT molecular complexity index is 474. The Hall–Kier alpha value is -1.49. The van der Waals surface area contributed by atoms with E-state index < -0.39 is 23.1 Å². The number of carbonyl (C=O) groups excluding carboxylic acids is 1. The fourth-order valence-electron chi connectivity index (χ4n) is 1.87. The van der Waals surface area contributed by atoms with E-state index in [1.165, 1.54) is 6.92 Å². The number of rotatable bonds is 5. The van der Waals surface area contributed by atoms with Crippen molar-refractivity contribution in [2.75, 3.05) is 6.54 Å². The molecule has 1 saturated carbocycles. The van der Waals surface area contributed by atoms with Gasteiger partial charge in [-0.2, -0.15) is 0 Å². The Morgan fingerprint density at radius 2 is 2.17 bits per heavy atom. The van der Waals surface area contributed by atoms with Gasteiger partial charge in [0.1, 0.15) is 17.2 Å². The van der Waals surface area contributed by atoms with E-state index in [0.29, 0.717) is 12.5 Å². The Morgan fingerprint density at radius 1 is 1.50 bits per heavy atom. The number of hydrogen-bond donors (Lipinski definition) is 2. The summed E-state index contributed by atoms with van der Waals surface area (Å²) in [6.07, 6.45) is 2.18. The number of primary amides is 1. The van der Waals surface area contributed by atoms with Crippen LogP contribution in [0.25, 0.3) is 0 Å². The second-order valence-electron chi connectivity index (χ2n) is 4.94. The molecule has 1 unspecified atom stereocenters. The molecule has 5 heteroatoms. The fraction of sp³-hybridized carbons (Fsp3) is 0.462. The van der Waals surface area contributed by atoms with E-state index in [1.54, 1.807) is 0 Å². The Labute approximate surface area is 104 Å². The van der Waals surface area contributed by atoms with E-state index in [9.17, 15) is 13.6 Å². The van der Waals surface area contributed by atoms with Gasteiger partial charge in [-0.1, -0.05) is 0 Å². The van der Waals surface area contributed by atoms with Gasteiger partial charge in [-0.25, -0.2) is 8.78 Å². The minimum Gasteiger partial charge on any atom is -0.368 e. The van der Waals surface area contributed by atoms with Crippen molar-refractivity contribution < 1.29 is 13.6 Å². The minimum absolute atomic E-state index is 0.0457. The first-order valence-corrected chi connectivity index (χ1v) is 5.94. The summed E-state index contributed by atoms with van der Waals surface area (Å²) >= 11 is 0. The highest BCUT2D eigenvalue weighted by atomic mass is 19.1. The average molecular weight is 254 g/mol. The smallest absolute Gasteiger partial charge is 0.242 e. The first kappa shape index (κ1) is 13.0. The molecule has 18 heavy (non-hydrogen) atoms. The van der Waals surface area contributed by atoms with Crippen LogP contribution in [0.4, 0.5) is 8.78 Å². The Morgan fingerprint density at radius 3 is 2.72 bits per heavy atom. The van der Waals surface area contributed by atoms with Crippen LogP contribution in [0, 0.1) is 17.6 Å². The molecule has 2 rings (SSSR count). The number of halogens is 2. The number of nitrogens with two attached hydrogens (primary N) is 1. The summed E-state index contributed by atoms with van der Waals surface area (Å²) in [5.41, 5.74) is 3.91. The maximum atomic E-state index is 13.8. The van der Waals surface area contributed by atoms with Gasteiger partial charge in [0, 0.05) is 5.56 Å². The lowest BCUT2D eigenvalue weighted by atomic mass is 9.90. The largest absolute Gasteiger partial charge is 0.368 e. The molecule has 1 aromatic carbocycles. The SMILES string of the molecule is CC(NCC1CC1)(C(N)=O)c1cc(F)ccc1F. The molecule has 0 spiro atoms. The maximum absolute atomic E-state index is 13.8. The summed E-state index contributed by atoms with van der Waals surface area (Å²) < 4.78 is 27.0. The van der Waals surface area contributed by atoms with Crippen LogP contribution in [0.5, 0.6) is 0 Å². The van der Waals surface area contributed by atoms with E-state index in [2.05, 4.69) is 5.32 Å². The molecule has 3 N–H and O–H groups in total. The maximum Gasteiger partial charge on any atom is 0.242 e. The van der Waals surface area contributed by atoms with E-state index in [-0.39, 0.29) is 5.56 Å². The van der Waals surface area contributed by atoms with Gasteiger partial charge in [0.25, 0.3) is 0 Å². The van der Waals surface area contributed by atoms with Crippen LogP contribution >= 0.6 is 0 Å². The van der Waals surface area contributed by atoms with Crippen LogP contribution in [0.1, 0.15) is 25.3 Å². The summed E-state index contributed by atoms with van der Waals surface area (Å²) in [6.45, 7) is 2.06. The second-order valence-corrected chi connectivity index (χ2v) is 4.94. The quantitative estimate of drug-likeness (QED) is 0.839. The summed E-state index contributed by atoms with van der Waals surface area (Å²) in [7, 11) is 0. The molecule has 3 nitrogen and oxygen atoms in total. The Kier molecular flexibility index (Phi) is 3.34. The van der Waals surface area contributed by atoms with Crippen LogP contribution in [0.3, 0.4) is 0 Å². The Balaban J connectivity index is 2.31. The van der Waals surface area contributed by atoms with E-state index in [0.717, 1.165) is 31.0 Å². The molecule has 1 aliphatic carbocycles. The van der Waals surface area contributed by atoms with E-state index in [4.69, 9.17) is 5.73 Å². The molecule has 1 fully saturated rings. The molecule has 1 amide bonds. The lowest BCUT2D eigenvalue weighted by Crippen LogP contribution is -2.51. The third-order valence-electron chi connectivity index (χ3n) is 3.40. The molecule has 0 heterocycles. The van der Waals surface area contributed by atoms with Gasteiger partial charge in [-0.3, -0.25) is 10.1 Å². The summed E-state index contributed by atoms with van der Waals surface area (Å²) in [4.78, 5) is 11.6. The number of amides is 1. The molecular weight excluding hydrogens is 238 g/mol. The molecule has 1 atom stereocenters. The fourth-order valence-corrected chi connectivity index (χ4v) is 1.87. The van der Waals surface area contributed by atoms with Crippen LogP contribution in [-0.4, -0.2) is 12.5 Å². The standard InChI is InChI=1S/C13H16F2N2O/c1-13(12(16)18,17-7-8-2-3-8)10-6-9(14)4-5-11(10)15/h4-6,8,17H,2-3,7H2,1H3,(H2,16,18). The van der Waals surface area contributed by atoms with Crippen LogP contribution in [0.15, 0.2) is 18.2 Å². The molecule has 0 radical (unpaired) electrons. The molecule has 1 aromatic rings. The first-order chi connectivity index (χ1) is 8.43. The lowest BCUT2D eigenvalue weighted by molar-refractivity contribution is -0.124. The highest BCUT2D eigenvalue weighted by molar-refractivity contribution is 5.85. The van der Waals surface area contributed by atoms with Crippen molar-refractivity contribution in [3.05, 3.63) is 35.4 Å². The van der Waals surface area contributed by atoms with E-state index >= 15 is 0 Å². The molecule has 0 aliphatic heterocycles. The van der Waals surface area contributed by atoms with Gasteiger partial charge in [0.2, 0.25) is 5.91 Å². The molecule has 98 valence electrons. The average Bonchev–Trinajstić information content (AvgIpc) is 3.13.